The lowest BCUT2D eigenvalue weighted by atomic mass is 10.0. The van der Waals surface area contributed by atoms with Gasteiger partial charge in [0.25, 0.3) is 5.91 Å². The zero-order chi connectivity index (χ0) is 22.1. The van der Waals surface area contributed by atoms with Gasteiger partial charge in [0.1, 0.15) is 21.7 Å². The van der Waals surface area contributed by atoms with Crippen LogP contribution in [0.1, 0.15) is 23.2 Å². The third-order valence-corrected chi connectivity index (χ3v) is 6.90. The number of thiazole rings is 1. The number of methoxy groups -OCH3 is 2. The number of rotatable bonds is 6. The summed E-state index contributed by atoms with van der Waals surface area (Å²) in [5.41, 5.74) is 1.34. The first-order valence-corrected chi connectivity index (χ1v) is 11.4. The minimum absolute atomic E-state index is 0.00951. The van der Waals surface area contributed by atoms with E-state index < -0.39 is 0 Å². The average Bonchev–Trinajstić information content (AvgIpc) is 3.51. The summed E-state index contributed by atoms with van der Waals surface area (Å²) in [5, 5.41) is 2.56. The molecule has 0 bridgehead atoms. The molecule has 0 radical (unpaired) electrons. The number of carbonyl (C=O) groups is 1. The molecule has 0 spiro atoms. The van der Waals surface area contributed by atoms with Crippen LogP contribution in [0.2, 0.25) is 0 Å². The Morgan fingerprint density at radius 2 is 1.88 bits per heavy atom. The van der Waals surface area contributed by atoms with Crippen LogP contribution < -0.4 is 14.4 Å². The van der Waals surface area contributed by atoms with Crippen molar-refractivity contribution in [2.24, 2.45) is 0 Å². The first kappa shape index (κ1) is 20.7. The van der Waals surface area contributed by atoms with Gasteiger partial charge in [0.2, 0.25) is 0 Å². The number of aromatic nitrogens is 1. The molecule has 1 fully saturated rings. The van der Waals surface area contributed by atoms with Crippen LogP contribution in [0.5, 0.6) is 11.5 Å². The Morgan fingerprint density at radius 3 is 2.66 bits per heavy atom. The van der Waals surface area contributed by atoms with E-state index in [1.807, 2.05) is 54.6 Å². The van der Waals surface area contributed by atoms with Crippen LogP contribution in [0, 0.1) is 0 Å². The molecular weight excluding hydrogens is 424 g/mol. The third kappa shape index (κ3) is 3.67. The molecule has 1 atom stereocenters. The number of hydrogen-bond donors (Lipinski definition) is 0. The van der Waals surface area contributed by atoms with Gasteiger partial charge in [-0.3, -0.25) is 9.69 Å². The lowest BCUT2D eigenvalue weighted by Gasteiger charge is -2.23. The highest BCUT2D eigenvalue weighted by Crippen LogP contribution is 2.41. The minimum atomic E-state index is -0.0886. The van der Waals surface area contributed by atoms with Crippen LogP contribution in [0.25, 0.3) is 21.0 Å². The van der Waals surface area contributed by atoms with Crippen molar-refractivity contribution in [3.05, 3.63) is 60.2 Å². The van der Waals surface area contributed by atoms with Crippen molar-refractivity contribution < 1.29 is 19.0 Å². The fraction of sp³-hybridized carbons (Fsp3) is 0.280. The van der Waals surface area contributed by atoms with Gasteiger partial charge in [-0.1, -0.05) is 47.7 Å². The number of benzene rings is 3. The summed E-state index contributed by atoms with van der Waals surface area (Å²) < 4.78 is 17.8. The summed E-state index contributed by atoms with van der Waals surface area (Å²) in [5.74, 6) is 1.27. The van der Waals surface area contributed by atoms with E-state index in [0.29, 0.717) is 34.3 Å². The van der Waals surface area contributed by atoms with E-state index in [2.05, 4.69) is 0 Å². The summed E-state index contributed by atoms with van der Waals surface area (Å²) >= 11 is 1.43. The Kier molecular flexibility index (Phi) is 5.68. The maximum Gasteiger partial charge on any atom is 0.260 e. The third-order valence-electron chi connectivity index (χ3n) is 5.81. The van der Waals surface area contributed by atoms with E-state index >= 15 is 0 Å². The summed E-state index contributed by atoms with van der Waals surface area (Å²) in [6.07, 6.45) is 1.92. The van der Waals surface area contributed by atoms with E-state index in [1.165, 1.54) is 11.3 Å². The highest BCUT2D eigenvalue weighted by molar-refractivity contribution is 7.22. The van der Waals surface area contributed by atoms with Gasteiger partial charge in [-0.15, -0.1) is 0 Å². The van der Waals surface area contributed by atoms with Crippen molar-refractivity contribution in [3.8, 4) is 11.5 Å². The number of ether oxygens (including phenoxy) is 3. The average molecular weight is 449 g/mol. The van der Waals surface area contributed by atoms with Gasteiger partial charge >= 0.3 is 0 Å². The van der Waals surface area contributed by atoms with E-state index in [0.717, 1.165) is 34.9 Å². The molecule has 0 saturated carbocycles. The van der Waals surface area contributed by atoms with Crippen LogP contribution in [0.3, 0.4) is 0 Å². The van der Waals surface area contributed by atoms with Crippen molar-refractivity contribution >= 4 is 43.4 Å². The first-order chi connectivity index (χ1) is 15.7. The van der Waals surface area contributed by atoms with E-state index in [9.17, 15) is 4.79 Å². The lowest BCUT2D eigenvalue weighted by Crippen LogP contribution is -2.37. The van der Waals surface area contributed by atoms with Crippen molar-refractivity contribution in [2.45, 2.75) is 18.9 Å². The number of hydrogen-bond acceptors (Lipinski definition) is 6. The Labute approximate surface area is 190 Å². The number of nitrogens with zero attached hydrogens (tertiary/aromatic N) is 2. The second-order valence-corrected chi connectivity index (χ2v) is 8.70. The molecule has 1 saturated heterocycles. The highest BCUT2D eigenvalue weighted by Gasteiger charge is 2.29. The van der Waals surface area contributed by atoms with Gasteiger partial charge in [-0.2, -0.15) is 0 Å². The predicted molar refractivity (Wildman–Crippen MR) is 127 cm³/mol. The number of anilines is 1. The molecule has 1 aliphatic rings. The monoisotopic (exact) mass is 448 g/mol. The van der Waals surface area contributed by atoms with Crippen molar-refractivity contribution in [1.82, 2.24) is 4.98 Å². The smallest absolute Gasteiger partial charge is 0.260 e. The van der Waals surface area contributed by atoms with Crippen LogP contribution in [-0.2, 0) is 4.74 Å². The van der Waals surface area contributed by atoms with Crippen molar-refractivity contribution in [2.75, 3.05) is 32.3 Å². The Bertz CT molecular complexity index is 1230. The maximum absolute atomic E-state index is 13.9. The summed E-state index contributed by atoms with van der Waals surface area (Å²) in [4.78, 5) is 20.5. The van der Waals surface area contributed by atoms with Crippen LogP contribution in [-0.4, -0.2) is 44.4 Å². The van der Waals surface area contributed by atoms with Gasteiger partial charge in [-0.25, -0.2) is 4.98 Å². The number of fused-ring (bicyclic) bond motifs is 2. The normalized spacial score (nSPS) is 15.9. The van der Waals surface area contributed by atoms with E-state index in [4.69, 9.17) is 19.2 Å². The zero-order valence-corrected chi connectivity index (χ0v) is 18.9. The molecule has 0 aliphatic carbocycles. The molecule has 2 heterocycles. The van der Waals surface area contributed by atoms with Gasteiger partial charge in [0.15, 0.2) is 5.13 Å². The Morgan fingerprint density at radius 1 is 1.09 bits per heavy atom. The molecule has 5 rings (SSSR count). The second kappa shape index (κ2) is 8.76. The molecule has 6 nitrogen and oxygen atoms in total. The molecule has 1 amide bonds. The Hall–Kier alpha value is -3.16. The van der Waals surface area contributed by atoms with Crippen LogP contribution >= 0.6 is 11.3 Å². The molecule has 7 heteroatoms. The van der Waals surface area contributed by atoms with Crippen molar-refractivity contribution in [3.63, 3.8) is 0 Å². The fourth-order valence-corrected chi connectivity index (χ4v) is 5.27. The standard InChI is InChI=1S/C25H24N2O4S/c1-29-20-12-13-21(30-2)23-22(20)26-25(32-23)27(15-17-9-6-14-31-17)24(28)19-11-5-8-16-7-3-4-10-18(16)19/h3-5,7-8,10-13,17H,6,9,14-15H2,1-2H3. The SMILES string of the molecule is COc1ccc(OC)c2sc(N(CC3CCCO3)C(=O)c3cccc4ccccc34)nc12. The summed E-state index contributed by atoms with van der Waals surface area (Å²) in [6.45, 7) is 1.18. The Balaban J connectivity index is 1.63. The second-order valence-electron chi connectivity index (χ2n) is 7.72. The number of carbonyl (C=O) groups excluding carboxylic acids is 1. The lowest BCUT2D eigenvalue weighted by molar-refractivity contribution is 0.0919. The zero-order valence-electron chi connectivity index (χ0n) is 18.0. The molecule has 3 aromatic carbocycles. The predicted octanol–water partition coefficient (Wildman–Crippen LogP) is 5.29. The molecule has 1 aliphatic heterocycles. The van der Waals surface area contributed by atoms with Crippen LogP contribution in [0.15, 0.2) is 54.6 Å². The molecule has 164 valence electrons. The van der Waals surface area contributed by atoms with Gasteiger partial charge in [0.05, 0.1) is 26.9 Å². The molecule has 32 heavy (non-hydrogen) atoms. The highest BCUT2D eigenvalue weighted by atomic mass is 32.1. The topological polar surface area (TPSA) is 60.9 Å². The summed E-state index contributed by atoms with van der Waals surface area (Å²) in [6, 6.07) is 17.4. The number of amides is 1. The van der Waals surface area contributed by atoms with Gasteiger partial charge in [0, 0.05) is 12.2 Å². The largest absolute Gasteiger partial charge is 0.495 e. The molecule has 0 N–H and O–H groups in total. The van der Waals surface area contributed by atoms with Gasteiger partial charge in [-0.05, 0) is 41.8 Å². The molecule has 1 unspecified atom stereocenters. The quantitative estimate of drug-likeness (QED) is 0.401. The first-order valence-electron chi connectivity index (χ1n) is 10.6. The molecular formula is C25H24N2O4S. The minimum Gasteiger partial charge on any atom is -0.495 e. The van der Waals surface area contributed by atoms with Gasteiger partial charge < -0.3 is 14.2 Å². The van der Waals surface area contributed by atoms with Crippen molar-refractivity contribution in [1.29, 1.82) is 0 Å². The van der Waals surface area contributed by atoms with Crippen LogP contribution in [0.4, 0.5) is 5.13 Å². The van der Waals surface area contributed by atoms with E-state index in [1.54, 1.807) is 19.1 Å². The fourth-order valence-electron chi connectivity index (χ4n) is 4.19. The molecule has 4 aromatic rings. The summed E-state index contributed by atoms with van der Waals surface area (Å²) in [7, 11) is 3.25. The van der Waals surface area contributed by atoms with E-state index in [-0.39, 0.29) is 12.0 Å². The maximum atomic E-state index is 13.9. The molecule has 1 aromatic heterocycles.